The fourth-order valence-electron chi connectivity index (χ4n) is 3.17. The molecule has 3 amide bonds. The number of aryl methyl sites for hydroxylation is 1. The zero-order valence-corrected chi connectivity index (χ0v) is 15.4. The van der Waals surface area contributed by atoms with Crippen LogP contribution in [0.3, 0.4) is 0 Å². The highest BCUT2D eigenvalue weighted by molar-refractivity contribution is 5.96. The highest BCUT2D eigenvalue weighted by atomic mass is 16.5. The summed E-state index contributed by atoms with van der Waals surface area (Å²) < 4.78 is 11.3. The number of hydrogen-bond acceptors (Lipinski definition) is 4. The summed E-state index contributed by atoms with van der Waals surface area (Å²) in [6.07, 6.45) is 2.77. The highest BCUT2D eigenvalue weighted by Gasteiger charge is 2.22. The minimum Gasteiger partial charge on any atom is -0.376 e. The van der Waals surface area contributed by atoms with Crippen molar-refractivity contribution in [3.63, 3.8) is 0 Å². The van der Waals surface area contributed by atoms with Gasteiger partial charge in [0.1, 0.15) is 6.10 Å². The number of benzene rings is 1. The van der Waals surface area contributed by atoms with Crippen molar-refractivity contribution < 1.29 is 19.1 Å². The number of hydrogen-bond donors (Lipinski definition) is 2. The highest BCUT2D eigenvalue weighted by Crippen LogP contribution is 2.24. The van der Waals surface area contributed by atoms with Crippen LogP contribution in [0.15, 0.2) is 18.2 Å². The molecule has 142 valence electrons. The molecule has 2 aliphatic rings. The maximum Gasteiger partial charge on any atom is 0.321 e. The first-order chi connectivity index (χ1) is 12.5. The van der Waals surface area contributed by atoms with Crippen LogP contribution in [0.4, 0.5) is 16.2 Å². The van der Waals surface area contributed by atoms with Crippen LogP contribution in [0.2, 0.25) is 0 Å². The third-order valence-corrected chi connectivity index (χ3v) is 4.81. The Morgan fingerprint density at radius 1 is 1.46 bits per heavy atom. The van der Waals surface area contributed by atoms with E-state index in [1.807, 2.05) is 25.1 Å². The van der Waals surface area contributed by atoms with Crippen molar-refractivity contribution in [3.8, 4) is 0 Å². The summed E-state index contributed by atoms with van der Waals surface area (Å²) in [4.78, 5) is 25.8. The van der Waals surface area contributed by atoms with Crippen molar-refractivity contribution >= 4 is 23.3 Å². The number of ether oxygens (including phenoxy) is 2. The lowest BCUT2D eigenvalue weighted by atomic mass is 10.1. The number of rotatable bonds is 6. The van der Waals surface area contributed by atoms with Crippen LogP contribution < -0.4 is 15.5 Å². The molecular weight excluding hydrogens is 334 g/mol. The van der Waals surface area contributed by atoms with E-state index < -0.39 is 6.10 Å². The first-order valence-corrected chi connectivity index (χ1v) is 9.24. The summed E-state index contributed by atoms with van der Waals surface area (Å²) in [6.45, 7) is 6.17. The Hall–Kier alpha value is -2.12. The second kappa shape index (κ2) is 8.51. The molecule has 2 N–H and O–H groups in total. The van der Waals surface area contributed by atoms with Crippen molar-refractivity contribution in [1.29, 1.82) is 0 Å². The predicted molar refractivity (Wildman–Crippen MR) is 99.6 cm³/mol. The molecule has 1 aromatic rings. The SMILES string of the molecule is Cc1cc(N2CCNC2=O)ccc1NC(=O)C(C)OCC1CCCCO1. The molecule has 2 aliphatic heterocycles. The molecule has 2 heterocycles. The molecule has 26 heavy (non-hydrogen) atoms. The molecule has 2 unspecified atom stereocenters. The van der Waals surface area contributed by atoms with Crippen molar-refractivity contribution in [2.75, 3.05) is 36.5 Å². The van der Waals surface area contributed by atoms with E-state index in [2.05, 4.69) is 10.6 Å². The number of carbonyl (C=O) groups is 2. The average molecular weight is 361 g/mol. The van der Waals surface area contributed by atoms with Crippen LogP contribution in [-0.4, -0.2) is 50.4 Å². The summed E-state index contributed by atoms with van der Waals surface area (Å²) in [5, 5.41) is 5.68. The third-order valence-electron chi connectivity index (χ3n) is 4.81. The minimum atomic E-state index is -0.552. The lowest BCUT2D eigenvalue weighted by Gasteiger charge is -2.24. The first-order valence-electron chi connectivity index (χ1n) is 9.24. The molecule has 0 spiro atoms. The van der Waals surface area contributed by atoms with E-state index in [4.69, 9.17) is 9.47 Å². The quantitative estimate of drug-likeness (QED) is 0.816. The molecular formula is C19H27N3O4. The standard InChI is InChI=1S/C19H27N3O4/c1-13-11-15(22-9-8-20-19(22)24)6-7-17(13)21-18(23)14(2)26-12-16-5-3-4-10-25-16/h6-7,11,14,16H,3-5,8-10,12H2,1-2H3,(H,20,24)(H,21,23). The minimum absolute atomic E-state index is 0.0895. The molecule has 1 aromatic carbocycles. The van der Waals surface area contributed by atoms with Crippen LogP contribution in [-0.2, 0) is 14.3 Å². The van der Waals surface area contributed by atoms with Gasteiger partial charge in [-0.2, -0.15) is 0 Å². The number of carbonyl (C=O) groups excluding carboxylic acids is 2. The van der Waals surface area contributed by atoms with Crippen LogP contribution in [0.1, 0.15) is 31.7 Å². The second-order valence-corrected chi connectivity index (χ2v) is 6.84. The molecule has 0 aliphatic carbocycles. The zero-order valence-electron chi connectivity index (χ0n) is 15.4. The van der Waals surface area contributed by atoms with Gasteiger partial charge in [0.25, 0.3) is 5.91 Å². The Labute approximate surface area is 154 Å². The number of nitrogens with zero attached hydrogens (tertiary/aromatic N) is 1. The summed E-state index contributed by atoms with van der Waals surface area (Å²) in [5.74, 6) is -0.185. The van der Waals surface area contributed by atoms with Crippen molar-refractivity contribution in [2.24, 2.45) is 0 Å². The van der Waals surface area contributed by atoms with E-state index >= 15 is 0 Å². The van der Waals surface area contributed by atoms with Gasteiger partial charge in [0, 0.05) is 31.1 Å². The van der Waals surface area contributed by atoms with Gasteiger partial charge in [-0.25, -0.2) is 4.79 Å². The van der Waals surface area contributed by atoms with Gasteiger partial charge in [-0.1, -0.05) is 0 Å². The van der Waals surface area contributed by atoms with Crippen molar-refractivity contribution in [1.82, 2.24) is 5.32 Å². The molecule has 0 saturated carbocycles. The molecule has 2 saturated heterocycles. The smallest absolute Gasteiger partial charge is 0.321 e. The molecule has 0 radical (unpaired) electrons. The summed E-state index contributed by atoms with van der Waals surface area (Å²) in [5.41, 5.74) is 2.45. The molecule has 2 fully saturated rings. The predicted octanol–water partition coefficient (Wildman–Crippen LogP) is 2.44. The molecule has 0 bridgehead atoms. The van der Waals surface area contributed by atoms with Gasteiger partial charge in [0.15, 0.2) is 0 Å². The number of anilines is 2. The third kappa shape index (κ3) is 4.53. The Morgan fingerprint density at radius 3 is 2.96 bits per heavy atom. The summed E-state index contributed by atoms with van der Waals surface area (Å²) >= 11 is 0. The van der Waals surface area contributed by atoms with Gasteiger partial charge < -0.3 is 20.1 Å². The molecule has 2 atom stereocenters. The van der Waals surface area contributed by atoms with Gasteiger partial charge in [-0.05, 0) is 56.9 Å². The van der Waals surface area contributed by atoms with Crippen LogP contribution >= 0.6 is 0 Å². The summed E-state index contributed by atoms with van der Waals surface area (Å²) in [7, 11) is 0. The van der Waals surface area contributed by atoms with E-state index in [1.54, 1.807) is 11.8 Å². The van der Waals surface area contributed by atoms with E-state index in [0.29, 0.717) is 19.7 Å². The fourth-order valence-corrected chi connectivity index (χ4v) is 3.17. The largest absolute Gasteiger partial charge is 0.376 e. The number of nitrogens with one attached hydrogen (secondary N) is 2. The Morgan fingerprint density at radius 2 is 2.31 bits per heavy atom. The second-order valence-electron chi connectivity index (χ2n) is 6.84. The van der Waals surface area contributed by atoms with Gasteiger partial charge >= 0.3 is 6.03 Å². The van der Waals surface area contributed by atoms with E-state index in [0.717, 1.165) is 42.8 Å². The Kier molecular flexibility index (Phi) is 6.11. The lowest BCUT2D eigenvalue weighted by Crippen LogP contribution is -2.33. The van der Waals surface area contributed by atoms with Gasteiger partial charge in [-0.3, -0.25) is 9.69 Å². The molecule has 7 nitrogen and oxygen atoms in total. The summed E-state index contributed by atoms with van der Waals surface area (Å²) in [6, 6.07) is 5.48. The number of urea groups is 1. The van der Waals surface area contributed by atoms with Crippen molar-refractivity contribution in [3.05, 3.63) is 23.8 Å². The van der Waals surface area contributed by atoms with Crippen molar-refractivity contribution in [2.45, 2.75) is 45.3 Å². The fraction of sp³-hybridized carbons (Fsp3) is 0.579. The normalized spacial score (nSPS) is 21.4. The molecule has 7 heteroatoms. The Bertz CT molecular complexity index is 658. The monoisotopic (exact) mass is 361 g/mol. The average Bonchev–Trinajstić information content (AvgIpc) is 3.08. The zero-order chi connectivity index (χ0) is 18.5. The van der Waals surface area contributed by atoms with Crippen LogP contribution in [0.5, 0.6) is 0 Å². The van der Waals surface area contributed by atoms with Gasteiger partial charge in [-0.15, -0.1) is 0 Å². The van der Waals surface area contributed by atoms with Gasteiger partial charge in [0.2, 0.25) is 0 Å². The van der Waals surface area contributed by atoms with E-state index in [1.165, 1.54) is 0 Å². The Balaban J connectivity index is 1.53. The molecule has 0 aromatic heterocycles. The van der Waals surface area contributed by atoms with Crippen LogP contribution in [0, 0.1) is 6.92 Å². The number of amides is 3. The first kappa shape index (κ1) is 18.7. The maximum atomic E-state index is 12.4. The van der Waals surface area contributed by atoms with Gasteiger partial charge in [0.05, 0.1) is 12.7 Å². The van der Waals surface area contributed by atoms with E-state index in [-0.39, 0.29) is 18.0 Å². The molecule has 3 rings (SSSR count). The topological polar surface area (TPSA) is 79.9 Å². The maximum absolute atomic E-state index is 12.4. The lowest BCUT2D eigenvalue weighted by molar-refractivity contribution is -0.130. The van der Waals surface area contributed by atoms with Crippen LogP contribution in [0.25, 0.3) is 0 Å². The van der Waals surface area contributed by atoms with E-state index in [9.17, 15) is 9.59 Å².